The van der Waals surface area contributed by atoms with Crippen LogP contribution < -0.4 is 4.72 Å². The molecule has 2 rings (SSSR count). The average Bonchev–Trinajstić information content (AvgIpc) is 2.64. The smallest absolute Gasteiger partial charge is 0.410 e. The molecule has 1 aliphatic heterocycles. The maximum atomic E-state index is 13.0. The number of nitrogens with one attached hydrogen (secondary N) is 1. The van der Waals surface area contributed by atoms with Crippen LogP contribution in [0.15, 0.2) is 29.2 Å². The summed E-state index contributed by atoms with van der Waals surface area (Å²) in [6, 6.07) is 3.45. The van der Waals surface area contributed by atoms with E-state index in [2.05, 4.69) is 4.72 Å². The molecule has 1 N–H and O–H groups in total. The van der Waals surface area contributed by atoms with Crippen molar-refractivity contribution in [3.63, 3.8) is 0 Å². The highest BCUT2D eigenvalue weighted by molar-refractivity contribution is 7.89. The number of hydrogen-bond donors (Lipinski definition) is 1. The van der Waals surface area contributed by atoms with E-state index in [0.717, 1.165) is 24.3 Å². The van der Waals surface area contributed by atoms with Crippen LogP contribution in [-0.2, 0) is 19.6 Å². The third-order valence-electron chi connectivity index (χ3n) is 4.37. The lowest BCUT2D eigenvalue weighted by molar-refractivity contribution is -0.134. The summed E-state index contributed by atoms with van der Waals surface area (Å²) in [6.07, 6.45) is -0.181. The van der Waals surface area contributed by atoms with E-state index in [1.165, 1.54) is 9.80 Å². The van der Waals surface area contributed by atoms with E-state index in [9.17, 15) is 22.4 Å². The standard InChI is InChI=1S/C19H28FN3O5S/c1-5-16(21-29(26,27)15-8-6-14(20)7-9-15)17(24)22-10-12-23(13-11-22)18(25)28-19(2,3)4/h6-9,16,21H,5,10-13H2,1-4H3. The molecule has 1 unspecified atom stereocenters. The summed E-state index contributed by atoms with van der Waals surface area (Å²) < 4.78 is 45.8. The summed E-state index contributed by atoms with van der Waals surface area (Å²) in [6.45, 7) is 8.23. The van der Waals surface area contributed by atoms with Crippen LogP contribution in [0.2, 0.25) is 0 Å². The number of nitrogens with zero attached hydrogens (tertiary/aromatic N) is 2. The number of sulfonamides is 1. The molecule has 0 saturated carbocycles. The Morgan fingerprint density at radius 3 is 2.10 bits per heavy atom. The molecular weight excluding hydrogens is 401 g/mol. The molecule has 1 atom stereocenters. The van der Waals surface area contributed by atoms with Gasteiger partial charge in [-0.3, -0.25) is 4.79 Å². The molecule has 1 aromatic rings. The number of halogens is 1. The fraction of sp³-hybridized carbons (Fsp3) is 0.579. The first-order chi connectivity index (χ1) is 13.4. The summed E-state index contributed by atoms with van der Waals surface area (Å²) in [5.74, 6) is -0.906. The fourth-order valence-electron chi connectivity index (χ4n) is 2.83. The minimum atomic E-state index is -3.97. The zero-order valence-corrected chi connectivity index (χ0v) is 18.0. The molecule has 1 aromatic carbocycles. The first-order valence-corrected chi connectivity index (χ1v) is 11.0. The van der Waals surface area contributed by atoms with Crippen LogP contribution in [0.1, 0.15) is 34.1 Å². The van der Waals surface area contributed by atoms with Crippen LogP contribution in [-0.4, -0.2) is 68.0 Å². The van der Waals surface area contributed by atoms with E-state index in [1.54, 1.807) is 27.7 Å². The zero-order chi connectivity index (χ0) is 21.8. The molecule has 1 heterocycles. The van der Waals surface area contributed by atoms with Gasteiger partial charge in [-0.15, -0.1) is 0 Å². The molecule has 1 aliphatic rings. The molecule has 1 saturated heterocycles. The van der Waals surface area contributed by atoms with Gasteiger partial charge in [0.2, 0.25) is 15.9 Å². The van der Waals surface area contributed by atoms with Crippen molar-refractivity contribution in [2.75, 3.05) is 26.2 Å². The molecular formula is C19H28FN3O5S. The van der Waals surface area contributed by atoms with Crippen LogP contribution in [0.3, 0.4) is 0 Å². The zero-order valence-electron chi connectivity index (χ0n) is 17.1. The van der Waals surface area contributed by atoms with Gasteiger partial charge in [0.15, 0.2) is 0 Å². The fourth-order valence-corrected chi connectivity index (χ4v) is 4.11. The van der Waals surface area contributed by atoms with Crippen molar-refractivity contribution < 1.29 is 27.1 Å². The number of amides is 2. The number of piperazine rings is 1. The Morgan fingerprint density at radius 1 is 1.10 bits per heavy atom. The topological polar surface area (TPSA) is 96.0 Å². The van der Waals surface area contributed by atoms with Gasteiger partial charge in [0, 0.05) is 26.2 Å². The van der Waals surface area contributed by atoms with Crippen molar-refractivity contribution in [1.82, 2.24) is 14.5 Å². The van der Waals surface area contributed by atoms with E-state index in [4.69, 9.17) is 4.74 Å². The predicted octanol–water partition coefficient (Wildman–Crippen LogP) is 1.96. The Morgan fingerprint density at radius 2 is 1.62 bits per heavy atom. The van der Waals surface area contributed by atoms with Gasteiger partial charge in [0.05, 0.1) is 4.90 Å². The van der Waals surface area contributed by atoms with E-state index in [1.807, 2.05) is 0 Å². The number of ether oxygens (including phenoxy) is 1. The number of rotatable bonds is 5. The number of hydrogen-bond acceptors (Lipinski definition) is 5. The number of benzene rings is 1. The summed E-state index contributed by atoms with van der Waals surface area (Å²) in [5.41, 5.74) is -0.601. The normalized spacial score (nSPS) is 16.4. The van der Waals surface area contributed by atoms with Gasteiger partial charge in [0.25, 0.3) is 0 Å². The van der Waals surface area contributed by atoms with Crippen LogP contribution in [0.4, 0.5) is 9.18 Å². The third-order valence-corrected chi connectivity index (χ3v) is 5.86. The van der Waals surface area contributed by atoms with Gasteiger partial charge in [-0.25, -0.2) is 17.6 Å². The molecule has 0 aliphatic carbocycles. The maximum Gasteiger partial charge on any atom is 0.410 e. The molecule has 10 heteroatoms. The second kappa shape index (κ2) is 9.08. The summed E-state index contributed by atoms with van der Waals surface area (Å²) in [7, 11) is -3.97. The Hall–Kier alpha value is -2.20. The van der Waals surface area contributed by atoms with Gasteiger partial charge in [-0.05, 0) is 51.5 Å². The van der Waals surface area contributed by atoms with Crippen LogP contribution in [0.5, 0.6) is 0 Å². The second-order valence-electron chi connectivity index (χ2n) is 7.83. The lowest BCUT2D eigenvalue weighted by atomic mass is 10.2. The van der Waals surface area contributed by atoms with E-state index in [-0.39, 0.29) is 30.3 Å². The predicted molar refractivity (Wildman–Crippen MR) is 105 cm³/mol. The highest BCUT2D eigenvalue weighted by Gasteiger charge is 2.32. The van der Waals surface area contributed by atoms with Crippen LogP contribution >= 0.6 is 0 Å². The van der Waals surface area contributed by atoms with E-state index < -0.39 is 33.6 Å². The summed E-state index contributed by atoms with van der Waals surface area (Å²) in [5, 5.41) is 0. The van der Waals surface area contributed by atoms with Crippen molar-refractivity contribution in [2.45, 2.75) is 50.7 Å². The SMILES string of the molecule is CCC(NS(=O)(=O)c1ccc(F)cc1)C(=O)N1CCN(C(=O)OC(C)(C)C)CC1. The maximum absolute atomic E-state index is 13.0. The van der Waals surface area contributed by atoms with Crippen molar-refractivity contribution in [3.8, 4) is 0 Å². The van der Waals surface area contributed by atoms with Gasteiger partial charge >= 0.3 is 6.09 Å². The Balaban J connectivity index is 1.98. The summed E-state index contributed by atoms with van der Waals surface area (Å²) in [4.78, 5) is 27.9. The van der Waals surface area contributed by atoms with Crippen LogP contribution in [0.25, 0.3) is 0 Å². The van der Waals surface area contributed by atoms with Crippen molar-refractivity contribution >= 4 is 22.0 Å². The quantitative estimate of drug-likeness (QED) is 0.772. The van der Waals surface area contributed by atoms with Gasteiger partial charge in [-0.2, -0.15) is 4.72 Å². The summed E-state index contributed by atoms with van der Waals surface area (Å²) >= 11 is 0. The Bertz CT molecular complexity index is 828. The number of carbonyl (C=O) groups excluding carboxylic acids is 2. The Labute approximate surface area is 171 Å². The van der Waals surface area contributed by atoms with Crippen molar-refractivity contribution in [3.05, 3.63) is 30.1 Å². The highest BCUT2D eigenvalue weighted by atomic mass is 32.2. The molecule has 162 valence electrons. The van der Waals surface area contributed by atoms with E-state index >= 15 is 0 Å². The Kier molecular flexibility index (Phi) is 7.23. The minimum absolute atomic E-state index is 0.111. The molecule has 0 spiro atoms. The average molecular weight is 430 g/mol. The lowest BCUT2D eigenvalue weighted by Crippen LogP contribution is -2.56. The minimum Gasteiger partial charge on any atom is -0.444 e. The van der Waals surface area contributed by atoms with Gasteiger partial charge in [-0.1, -0.05) is 6.92 Å². The molecule has 0 aromatic heterocycles. The monoisotopic (exact) mass is 429 g/mol. The molecule has 0 bridgehead atoms. The second-order valence-corrected chi connectivity index (χ2v) is 9.54. The largest absolute Gasteiger partial charge is 0.444 e. The van der Waals surface area contributed by atoms with Gasteiger partial charge < -0.3 is 14.5 Å². The molecule has 29 heavy (non-hydrogen) atoms. The van der Waals surface area contributed by atoms with Crippen molar-refractivity contribution in [2.24, 2.45) is 0 Å². The third kappa shape index (κ3) is 6.40. The van der Waals surface area contributed by atoms with Crippen LogP contribution in [0, 0.1) is 5.82 Å². The van der Waals surface area contributed by atoms with Crippen molar-refractivity contribution in [1.29, 1.82) is 0 Å². The molecule has 0 radical (unpaired) electrons. The van der Waals surface area contributed by atoms with Gasteiger partial charge in [0.1, 0.15) is 17.5 Å². The molecule has 8 nitrogen and oxygen atoms in total. The first-order valence-electron chi connectivity index (χ1n) is 9.47. The first kappa shape index (κ1) is 23.1. The number of carbonyl (C=O) groups is 2. The highest BCUT2D eigenvalue weighted by Crippen LogP contribution is 2.15. The van der Waals surface area contributed by atoms with E-state index in [0.29, 0.717) is 13.1 Å². The molecule has 1 fully saturated rings. The molecule has 2 amide bonds. The lowest BCUT2D eigenvalue weighted by Gasteiger charge is -2.37.